The average Bonchev–Trinajstić information content (AvgIpc) is 2.26. The summed E-state index contributed by atoms with van der Waals surface area (Å²) in [5.41, 5.74) is 0.911. The SMILES string of the molecule is COC(=O)C(CSC)c1cccnc1. The fourth-order valence-corrected chi connectivity index (χ4v) is 1.85. The summed E-state index contributed by atoms with van der Waals surface area (Å²) < 4.78 is 4.74. The van der Waals surface area contributed by atoms with E-state index in [2.05, 4.69) is 4.98 Å². The van der Waals surface area contributed by atoms with Gasteiger partial charge in [0.15, 0.2) is 0 Å². The molecule has 0 aliphatic carbocycles. The molecule has 0 N–H and O–H groups in total. The molecule has 0 bridgehead atoms. The summed E-state index contributed by atoms with van der Waals surface area (Å²) in [5.74, 6) is 0.314. The molecule has 4 heteroatoms. The van der Waals surface area contributed by atoms with E-state index in [1.54, 1.807) is 24.2 Å². The molecule has 76 valence electrons. The van der Waals surface area contributed by atoms with Gasteiger partial charge in [-0.05, 0) is 17.9 Å². The van der Waals surface area contributed by atoms with Gasteiger partial charge in [-0.1, -0.05) is 6.07 Å². The Balaban J connectivity index is 2.83. The Morgan fingerprint density at radius 2 is 2.50 bits per heavy atom. The lowest BCUT2D eigenvalue weighted by Gasteiger charge is -2.12. The maximum atomic E-state index is 11.4. The first-order valence-electron chi connectivity index (χ1n) is 4.26. The number of carbonyl (C=O) groups excluding carboxylic acids is 1. The number of hydrogen-bond donors (Lipinski definition) is 0. The average molecular weight is 211 g/mol. The van der Waals surface area contributed by atoms with Crippen molar-refractivity contribution in [1.29, 1.82) is 0 Å². The zero-order valence-electron chi connectivity index (χ0n) is 8.27. The molecule has 0 aromatic carbocycles. The van der Waals surface area contributed by atoms with Gasteiger partial charge < -0.3 is 4.74 Å². The van der Waals surface area contributed by atoms with Crippen molar-refractivity contribution >= 4 is 17.7 Å². The van der Waals surface area contributed by atoms with Crippen LogP contribution in [0.1, 0.15) is 11.5 Å². The molecule has 1 unspecified atom stereocenters. The minimum atomic E-state index is -0.205. The zero-order valence-corrected chi connectivity index (χ0v) is 9.08. The molecule has 0 fully saturated rings. The molecule has 0 radical (unpaired) electrons. The summed E-state index contributed by atoms with van der Waals surface area (Å²) in [6.45, 7) is 0. The summed E-state index contributed by atoms with van der Waals surface area (Å²) in [6.07, 6.45) is 5.36. The summed E-state index contributed by atoms with van der Waals surface area (Å²) in [5, 5.41) is 0. The van der Waals surface area contributed by atoms with Crippen molar-refractivity contribution in [1.82, 2.24) is 4.98 Å². The van der Waals surface area contributed by atoms with Crippen LogP contribution in [0.2, 0.25) is 0 Å². The first-order chi connectivity index (χ1) is 6.79. The summed E-state index contributed by atoms with van der Waals surface area (Å²) in [4.78, 5) is 15.4. The van der Waals surface area contributed by atoms with Gasteiger partial charge in [0.25, 0.3) is 0 Å². The molecule has 14 heavy (non-hydrogen) atoms. The molecule has 3 nitrogen and oxygen atoms in total. The fourth-order valence-electron chi connectivity index (χ4n) is 1.19. The molecule has 0 amide bonds. The number of thioether (sulfide) groups is 1. The van der Waals surface area contributed by atoms with E-state index in [0.29, 0.717) is 0 Å². The summed E-state index contributed by atoms with van der Waals surface area (Å²) in [7, 11) is 1.41. The fraction of sp³-hybridized carbons (Fsp3) is 0.400. The van der Waals surface area contributed by atoms with Crippen molar-refractivity contribution in [3.8, 4) is 0 Å². The highest BCUT2D eigenvalue weighted by Crippen LogP contribution is 2.20. The molecule has 0 spiro atoms. The molecule has 0 aliphatic rings. The normalized spacial score (nSPS) is 12.1. The Hall–Kier alpha value is -1.03. The maximum absolute atomic E-state index is 11.4. The molecule has 1 aromatic heterocycles. The lowest BCUT2D eigenvalue weighted by molar-refractivity contribution is -0.141. The van der Waals surface area contributed by atoms with Crippen LogP contribution < -0.4 is 0 Å². The lowest BCUT2D eigenvalue weighted by Crippen LogP contribution is -2.16. The topological polar surface area (TPSA) is 39.2 Å². The van der Waals surface area contributed by atoms with Gasteiger partial charge in [-0.15, -0.1) is 0 Å². The van der Waals surface area contributed by atoms with Gasteiger partial charge in [-0.25, -0.2) is 0 Å². The van der Waals surface area contributed by atoms with Crippen LogP contribution in [0, 0.1) is 0 Å². The molecule has 1 aromatic rings. The van der Waals surface area contributed by atoms with Crippen LogP contribution in [0.15, 0.2) is 24.5 Å². The van der Waals surface area contributed by atoms with Crippen molar-refractivity contribution in [3.63, 3.8) is 0 Å². The monoisotopic (exact) mass is 211 g/mol. The number of esters is 1. The van der Waals surface area contributed by atoms with Gasteiger partial charge >= 0.3 is 5.97 Å². The van der Waals surface area contributed by atoms with Crippen LogP contribution in [0.25, 0.3) is 0 Å². The second-order valence-electron chi connectivity index (χ2n) is 2.82. The third-order valence-electron chi connectivity index (χ3n) is 1.91. The number of carbonyl (C=O) groups is 1. The number of ether oxygens (including phenoxy) is 1. The van der Waals surface area contributed by atoms with E-state index in [1.165, 1.54) is 7.11 Å². The van der Waals surface area contributed by atoms with E-state index in [4.69, 9.17) is 4.74 Å². The Morgan fingerprint density at radius 3 is 3.00 bits per heavy atom. The first-order valence-corrected chi connectivity index (χ1v) is 5.65. The quantitative estimate of drug-likeness (QED) is 0.711. The number of aromatic nitrogens is 1. The van der Waals surface area contributed by atoms with Crippen LogP contribution in [0.4, 0.5) is 0 Å². The van der Waals surface area contributed by atoms with Crippen molar-refractivity contribution in [2.24, 2.45) is 0 Å². The summed E-state index contributed by atoms with van der Waals surface area (Å²) in [6, 6.07) is 3.72. The van der Waals surface area contributed by atoms with Gasteiger partial charge in [0, 0.05) is 18.1 Å². The van der Waals surface area contributed by atoms with E-state index < -0.39 is 0 Å². The highest BCUT2D eigenvalue weighted by atomic mass is 32.2. The van der Waals surface area contributed by atoms with Crippen molar-refractivity contribution in [3.05, 3.63) is 30.1 Å². The predicted octanol–water partition coefficient (Wildman–Crippen LogP) is 1.70. The minimum Gasteiger partial charge on any atom is -0.469 e. The molecular weight excluding hydrogens is 198 g/mol. The smallest absolute Gasteiger partial charge is 0.314 e. The number of methoxy groups -OCH3 is 1. The Morgan fingerprint density at radius 1 is 1.71 bits per heavy atom. The largest absolute Gasteiger partial charge is 0.469 e. The van der Waals surface area contributed by atoms with E-state index in [9.17, 15) is 4.79 Å². The molecule has 1 rings (SSSR count). The molecular formula is C10H13NO2S. The first kappa shape index (κ1) is 11.0. The highest BCUT2D eigenvalue weighted by molar-refractivity contribution is 7.98. The van der Waals surface area contributed by atoms with Crippen LogP contribution >= 0.6 is 11.8 Å². The van der Waals surface area contributed by atoms with E-state index in [0.717, 1.165) is 11.3 Å². The standard InChI is InChI=1S/C10H13NO2S/c1-13-10(12)9(7-14-2)8-4-3-5-11-6-8/h3-6,9H,7H2,1-2H3. The molecule has 1 heterocycles. The zero-order chi connectivity index (χ0) is 10.4. The Kier molecular flexibility index (Phi) is 4.46. The molecule has 1 atom stereocenters. The second-order valence-corrected chi connectivity index (χ2v) is 3.73. The summed E-state index contributed by atoms with van der Waals surface area (Å²) >= 11 is 1.62. The Labute approximate surface area is 87.9 Å². The molecule has 0 aliphatic heterocycles. The van der Waals surface area contributed by atoms with E-state index in [1.807, 2.05) is 18.4 Å². The number of hydrogen-bond acceptors (Lipinski definition) is 4. The van der Waals surface area contributed by atoms with E-state index in [-0.39, 0.29) is 11.9 Å². The maximum Gasteiger partial charge on any atom is 0.314 e. The lowest BCUT2D eigenvalue weighted by atomic mass is 10.0. The number of nitrogens with zero attached hydrogens (tertiary/aromatic N) is 1. The predicted molar refractivity (Wildman–Crippen MR) is 57.4 cm³/mol. The van der Waals surface area contributed by atoms with Crippen molar-refractivity contribution < 1.29 is 9.53 Å². The number of pyridine rings is 1. The van der Waals surface area contributed by atoms with Gasteiger partial charge in [0.05, 0.1) is 13.0 Å². The second kappa shape index (κ2) is 5.65. The highest BCUT2D eigenvalue weighted by Gasteiger charge is 2.20. The van der Waals surface area contributed by atoms with Gasteiger partial charge in [-0.2, -0.15) is 11.8 Å². The van der Waals surface area contributed by atoms with Gasteiger partial charge in [-0.3, -0.25) is 9.78 Å². The van der Waals surface area contributed by atoms with Gasteiger partial charge in [0.2, 0.25) is 0 Å². The third-order valence-corrected chi connectivity index (χ3v) is 2.57. The molecule has 0 saturated heterocycles. The van der Waals surface area contributed by atoms with Crippen molar-refractivity contribution in [2.45, 2.75) is 5.92 Å². The Bertz CT molecular complexity index is 289. The minimum absolute atomic E-state index is 0.202. The van der Waals surface area contributed by atoms with Crippen molar-refractivity contribution in [2.75, 3.05) is 19.1 Å². The van der Waals surface area contributed by atoms with E-state index >= 15 is 0 Å². The van der Waals surface area contributed by atoms with Crippen LogP contribution in [-0.4, -0.2) is 30.1 Å². The van der Waals surface area contributed by atoms with Gasteiger partial charge in [0.1, 0.15) is 0 Å². The van der Waals surface area contributed by atoms with Crippen LogP contribution in [0.3, 0.4) is 0 Å². The third kappa shape index (κ3) is 2.73. The molecule has 0 saturated carbocycles. The number of rotatable bonds is 4. The van der Waals surface area contributed by atoms with Crippen LogP contribution in [0.5, 0.6) is 0 Å². The van der Waals surface area contributed by atoms with Crippen LogP contribution in [-0.2, 0) is 9.53 Å².